The van der Waals surface area contributed by atoms with Crippen molar-refractivity contribution in [2.75, 3.05) is 38.5 Å². The number of nitrogens with zero attached hydrogens (tertiary/aromatic N) is 2. The number of sulfonamides is 1. The van der Waals surface area contributed by atoms with Crippen molar-refractivity contribution in [1.29, 1.82) is 0 Å². The summed E-state index contributed by atoms with van der Waals surface area (Å²) >= 11 is 1.84. The van der Waals surface area contributed by atoms with Crippen LogP contribution in [0.1, 0.15) is 28.4 Å². The van der Waals surface area contributed by atoms with Gasteiger partial charge in [-0.15, -0.1) is 11.8 Å². The van der Waals surface area contributed by atoms with Crippen LogP contribution in [0.25, 0.3) is 0 Å². The third kappa shape index (κ3) is 5.48. The van der Waals surface area contributed by atoms with Gasteiger partial charge in [-0.3, -0.25) is 9.69 Å². The van der Waals surface area contributed by atoms with Gasteiger partial charge in [0.25, 0.3) is 0 Å². The smallest absolute Gasteiger partial charge is 0.243 e. The summed E-state index contributed by atoms with van der Waals surface area (Å²) in [5, 5.41) is 0. The van der Waals surface area contributed by atoms with Crippen molar-refractivity contribution < 1.29 is 13.2 Å². The molecular weight excluding hydrogens is 404 g/mol. The third-order valence-corrected chi connectivity index (χ3v) is 8.23. The van der Waals surface area contributed by atoms with Gasteiger partial charge in [-0.25, -0.2) is 8.42 Å². The highest BCUT2D eigenvalue weighted by atomic mass is 32.2. The maximum Gasteiger partial charge on any atom is 0.243 e. The summed E-state index contributed by atoms with van der Waals surface area (Å²) in [6.45, 7) is 9.02. The van der Waals surface area contributed by atoms with Gasteiger partial charge >= 0.3 is 0 Å². The number of carbonyl (C=O) groups is 1. The molecule has 0 aliphatic carbocycles. The van der Waals surface area contributed by atoms with E-state index in [4.69, 9.17) is 0 Å². The zero-order valence-corrected chi connectivity index (χ0v) is 18.9. The molecular formula is C22H28N2O3S2. The molecule has 1 heterocycles. The van der Waals surface area contributed by atoms with Gasteiger partial charge in [-0.1, -0.05) is 18.2 Å². The molecule has 1 saturated heterocycles. The highest BCUT2D eigenvalue weighted by molar-refractivity contribution is 7.99. The Hall–Kier alpha value is -1.67. The fourth-order valence-electron chi connectivity index (χ4n) is 3.31. The SMILES string of the molecule is CC(=O)c1cccc(S(=O)(=O)N2CCN(CCSc3ccc(C)c(C)c3)CC2)c1. The minimum atomic E-state index is -3.56. The topological polar surface area (TPSA) is 57.7 Å². The Morgan fingerprint density at radius 3 is 2.38 bits per heavy atom. The van der Waals surface area contributed by atoms with Crippen molar-refractivity contribution in [2.24, 2.45) is 0 Å². The Balaban J connectivity index is 1.52. The molecule has 5 nitrogen and oxygen atoms in total. The zero-order valence-electron chi connectivity index (χ0n) is 17.2. The number of hydrogen-bond acceptors (Lipinski definition) is 5. The minimum Gasteiger partial charge on any atom is -0.300 e. The van der Waals surface area contributed by atoms with E-state index in [2.05, 4.69) is 36.9 Å². The van der Waals surface area contributed by atoms with Crippen molar-refractivity contribution in [3.63, 3.8) is 0 Å². The number of benzene rings is 2. The van der Waals surface area contributed by atoms with Crippen LogP contribution in [0, 0.1) is 13.8 Å². The van der Waals surface area contributed by atoms with Crippen LogP contribution in [0.5, 0.6) is 0 Å². The number of carbonyl (C=O) groups excluding carboxylic acids is 1. The lowest BCUT2D eigenvalue weighted by atomic mass is 10.1. The van der Waals surface area contributed by atoms with Crippen LogP contribution < -0.4 is 0 Å². The quantitative estimate of drug-likeness (QED) is 0.494. The van der Waals surface area contributed by atoms with E-state index in [9.17, 15) is 13.2 Å². The van der Waals surface area contributed by atoms with Crippen molar-refractivity contribution in [3.8, 4) is 0 Å². The van der Waals surface area contributed by atoms with Gasteiger partial charge in [-0.05, 0) is 56.2 Å². The molecule has 3 rings (SSSR count). The van der Waals surface area contributed by atoms with Gasteiger partial charge in [-0.2, -0.15) is 4.31 Å². The summed E-state index contributed by atoms with van der Waals surface area (Å²) in [4.78, 5) is 15.4. The van der Waals surface area contributed by atoms with Gasteiger partial charge in [0.2, 0.25) is 10.0 Å². The molecule has 0 amide bonds. The molecule has 0 bridgehead atoms. The summed E-state index contributed by atoms with van der Waals surface area (Å²) in [5.41, 5.74) is 3.04. The number of thioether (sulfide) groups is 1. The lowest BCUT2D eigenvalue weighted by Gasteiger charge is -2.33. The lowest BCUT2D eigenvalue weighted by molar-refractivity contribution is 0.101. The fourth-order valence-corrected chi connectivity index (χ4v) is 5.79. The second-order valence-corrected chi connectivity index (χ2v) is 10.5. The number of rotatable bonds is 7. The molecule has 0 saturated carbocycles. The van der Waals surface area contributed by atoms with E-state index in [0.29, 0.717) is 18.7 Å². The maximum atomic E-state index is 12.9. The summed E-state index contributed by atoms with van der Waals surface area (Å²) in [5.74, 6) is 0.851. The molecule has 29 heavy (non-hydrogen) atoms. The van der Waals surface area contributed by atoms with E-state index in [-0.39, 0.29) is 10.7 Å². The molecule has 0 atom stereocenters. The summed E-state index contributed by atoms with van der Waals surface area (Å²) < 4.78 is 27.4. The first-order chi connectivity index (χ1) is 13.8. The summed E-state index contributed by atoms with van der Waals surface area (Å²) in [7, 11) is -3.56. The van der Waals surface area contributed by atoms with E-state index < -0.39 is 10.0 Å². The molecule has 0 aromatic heterocycles. The Morgan fingerprint density at radius 2 is 1.72 bits per heavy atom. The lowest BCUT2D eigenvalue weighted by Crippen LogP contribution is -2.49. The Labute approximate surface area is 178 Å². The highest BCUT2D eigenvalue weighted by Crippen LogP contribution is 2.22. The number of aryl methyl sites for hydroxylation is 2. The van der Waals surface area contributed by atoms with E-state index in [0.717, 1.165) is 25.4 Å². The van der Waals surface area contributed by atoms with E-state index in [1.165, 1.54) is 33.3 Å². The number of ketones is 1. The molecule has 0 N–H and O–H groups in total. The van der Waals surface area contributed by atoms with Gasteiger partial charge in [0.1, 0.15) is 0 Å². The van der Waals surface area contributed by atoms with Gasteiger partial charge < -0.3 is 0 Å². The molecule has 1 aliphatic rings. The van der Waals surface area contributed by atoms with Crippen LogP contribution in [0.3, 0.4) is 0 Å². The van der Waals surface area contributed by atoms with Crippen LogP contribution in [0.15, 0.2) is 52.3 Å². The average Bonchev–Trinajstić information content (AvgIpc) is 2.71. The monoisotopic (exact) mass is 432 g/mol. The van der Waals surface area contributed by atoms with Crippen LogP contribution >= 0.6 is 11.8 Å². The second kappa shape index (κ2) is 9.43. The van der Waals surface area contributed by atoms with Crippen molar-refractivity contribution in [2.45, 2.75) is 30.6 Å². The highest BCUT2D eigenvalue weighted by Gasteiger charge is 2.28. The predicted octanol–water partition coefficient (Wildman–Crippen LogP) is 3.60. The first-order valence-corrected chi connectivity index (χ1v) is 12.2. The van der Waals surface area contributed by atoms with Crippen molar-refractivity contribution in [1.82, 2.24) is 9.21 Å². The molecule has 2 aromatic rings. The van der Waals surface area contributed by atoms with Crippen LogP contribution in [-0.4, -0.2) is 61.9 Å². The molecule has 156 valence electrons. The first-order valence-electron chi connectivity index (χ1n) is 9.81. The van der Waals surface area contributed by atoms with Gasteiger partial charge in [0.15, 0.2) is 5.78 Å². The maximum absolute atomic E-state index is 12.9. The van der Waals surface area contributed by atoms with E-state index >= 15 is 0 Å². The standard InChI is InChI=1S/C22H28N2O3S2/c1-17-7-8-21(15-18(17)2)28-14-13-23-9-11-24(12-10-23)29(26,27)22-6-4-5-20(16-22)19(3)25/h4-8,15-16H,9-14H2,1-3H3. The predicted molar refractivity (Wildman–Crippen MR) is 118 cm³/mol. The molecule has 2 aromatic carbocycles. The second-order valence-electron chi connectivity index (χ2n) is 7.42. The Morgan fingerprint density at radius 1 is 1.00 bits per heavy atom. The molecule has 1 fully saturated rings. The molecule has 0 radical (unpaired) electrons. The molecule has 0 unspecified atom stereocenters. The summed E-state index contributed by atoms with van der Waals surface area (Å²) in [6.07, 6.45) is 0. The molecule has 1 aliphatic heterocycles. The zero-order chi connectivity index (χ0) is 21.0. The number of piperazine rings is 1. The summed E-state index contributed by atoms with van der Waals surface area (Å²) in [6, 6.07) is 12.9. The Kier molecular flexibility index (Phi) is 7.16. The number of hydrogen-bond donors (Lipinski definition) is 0. The van der Waals surface area contributed by atoms with Gasteiger partial charge in [0.05, 0.1) is 4.90 Å². The van der Waals surface area contributed by atoms with E-state index in [1.54, 1.807) is 18.2 Å². The first kappa shape index (κ1) is 22.0. The largest absolute Gasteiger partial charge is 0.300 e. The minimum absolute atomic E-state index is 0.131. The normalized spacial score (nSPS) is 16.1. The molecule has 0 spiro atoms. The molecule has 7 heteroatoms. The van der Waals surface area contributed by atoms with Crippen LogP contribution in [-0.2, 0) is 10.0 Å². The van der Waals surface area contributed by atoms with Crippen LogP contribution in [0.2, 0.25) is 0 Å². The fraction of sp³-hybridized carbons (Fsp3) is 0.409. The Bertz CT molecular complexity index is 981. The van der Waals surface area contributed by atoms with Gasteiger partial charge in [0, 0.05) is 48.9 Å². The average molecular weight is 433 g/mol. The van der Waals surface area contributed by atoms with Crippen molar-refractivity contribution >= 4 is 27.6 Å². The van der Waals surface area contributed by atoms with E-state index in [1.807, 2.05) is 11.8 Å². The third-order valence-electron chi connectivity index (χ3n) is 5.36. The number of Topliss-reactive ketones (excluding diaryl/α,β-unsaturated/α-hetero) is 1. The van der Waals surface area contributed by atoms with Crippen LogP contribution in [0.4, 0.5) is 0 Å². The van der Waals surface area contributed by atoms with Crippen molar-refractivity contribution in [3.05, 3.63) is 59.2 Å².